The molecule has 2 aliphatic rings. The molecule has 240 valence electrons. The van der Waals surface area contributed by atoms with Gasteiger partial charge in [-0.15, -0.1) is 0 Å². The molecular weight excluding hydrogens is 605 g/mol. The second-order valence-corrected chi connectivity index (χ2v) is 11.2. The highest BCUT2D eigenvalue weighted by atomic mass is 19.4. The van der Waals surface area contributed by atoms with E-state index in [-0.39, 0.29) is 35.9 Å². The van der Waals surface area contributed by atoms with Crippen LogP contribution in [0.25, 0.3) is 5.65 Å². The zero-order chi connectivity index (χ0) is 31.8. The lowest BCUT2D eigenvalue weighted by Gasteiger charge is -2.32. The van der Waals surface area contributed by atoms with Crippen LogP contribution < -0.4 is 15.8 Å². The van der Waals surface area contributed by atoms with E-state index in [1.165, 1.54) is 16.9 Å². The van der Waals surface area contributed by atoms with E-state index in [1.54, 1.807) is 6.07 Å². The first kappa shape index (κ1) is 31.5. The molecule has 2 saturated carbocycles. The van der Waals surface area contributed by atoms with Crippen molar-refractivity contribution in [2.45, 2.75) is 81.9 Å². The van der Waals surface area contributed by atoms with E-state index in [9.17, 15) is 40.3 Å². The summed E-state index contributed by atoms with van der Waals surface area (Å²) in [6, 6.07) is 0.991. The summed E-state index contributed by atoms with van der Waals surface area (Å²) in [5.74, 6) is -6.89. The van der Waals surface area contributed by atoms with Gasteiger partial charge in [0.2, 0.25) is 17.5 Å². The molecule has 10 nitrogen and oxygen atoms in total. The van der Waals surface area contributed by atoms with Crippen LogP contribution in [0, 0.1) is 11.8 Å². The molecule has 3 aromatic rings. The van der Waals surface area contributed by atoms with Crippen LogP contribution in [0.5, 0.6) is 5.75 Å². The molecule has 3 aromatic heterocycles. The van der Waals surface area contributed by atoms with E-state index >= 15 is 0 Å². The Balaban J connectivity index is 1.49. The Morgan fingerprint density at radius 3 is 2.48 bits per heavy atom. The van der Waals surface area contributed by atoms with Crippen molar-refractivity contribution in [3.05, 3.63) is 41.2 Å². The minimum absolute atomic E-state index is 0.00117. The molecule has 5 rings (SSSR count). The van der Waals surface area contributed by atoms with Crippen LogP contribution in [0.15, 0.2) is 23.0 Å². The van der Waals surface area contributed by atoms with Crippen molar-refractivity contribution < 1.29 is 49.6 Å². The van der Waals surface area contributed by atoms with E-state index in [0.717, 1.165) is 12.8 Å². The number of hydrogen-bond donors (Lipinski definition) is 2. The Hall–Kier alpha value is -3.92. The maximum atomic E-state index is 14.1. The van der Waals surface area contributed by atoms with E-state index in [0.29, 0.717) is 5.56 Å². The molecule has 0 unspecified atom stereocenters. The Bertz CT molecular complexity index is 1490. The van der Waals surface area contributed by atoms with E-state index in [2.05, 4.69) is 20.6 Å². The summed E-state index contributed by atoms with van der Waals surface area (Å²) in [5.41, 5.74) is 5.81. The van der Waals surface area contributed by atoms with Gasteiger partial charge in [-0.2, -0.15) is 18.3 Å². The number of primary amides is 1. The molecule has 2 amide bonds. The third kappa shape index (κ3) is 7.41. The average molecular weight is 635 g/mol. The molecule has 0 spiro atoms. The predicted molar refractivity (Wildman–Crippen MR) is 137 cm³/mol. The molecule has 44 heavy (non-hydrogen) atoms. The van der Waals surface area contributed by atoms with Crippen molar-refractivity contribution in [1.82, 2.24) is 25.1 Å². The summed E-state index contributed by atoms with van der Waals surface area (Å²) < 4.78 is 104. The van der Waals surface area contributed by atoms with Crippen molar-refractivity contribution in [3.8, 4) is 5.75 Å². The second kappa shape index (κ2) is 12.2. The number of carbonyl (C=O) groups is 2. The molecule has 3 heterocycles. The van der Waals surface area contributed by atoms with Gasteiger partial charge < -0.3 is 20.3 Å². The largest absolute Gasteiger partial charge is 0.481 e. The Morgan fingerprint density at radius 1 is 1.16 bits per heavy atom. The SMILES string of the molecule is NC(=O)c1noc([C@H](c2cn3ncc([C@H](NC(=O)CCC(F)(F)F)C4CC4)cc3n2)C2CCC(F)(F)CC2)c1OCC(F)F. The smallest absolute Gasteiger partial charge is 0.389 e. The van der Waals surface area contributed by atoms with Gasteiger partial charge in [-0.1, -0.05) is 5.16 Å². The fourth-order valence-corrected chi connectivity index (χ4v) is 5.55. The van der Waals surface area contributed by atoms with E-state index < -0.39 is 91.9 Å². The fourth-order valence-electron chi connectivity index (χ4n) is 5.55. The van der Waals surface area contributed by atoms with E-state index in [1.807, 2.05) is 0 Å². The summed E-state index contributed by atoms with van der Waals surface area (Å²) in [7, 11) is 0. The molecule has 0 saturated heterocycles. The van der Waals surface area contributed by atoms with Crippen molar-refractivity contribution in [1.29, 1.82) is 0 Å². The number of rotatable bonds is 12. The number of alkyl halides is 7. The number of fused-ring (bicyclic) bond motifs is 1. The number of nitrogens with two attached hydrogens (primary N) is 1. The zero-order valence-corrected chi connectivity index (χ0v) is 23.1. The van der Waals surface area contributed by atoms with Gasteiger partial charge in [0, 0.05) is 19.3 Å². The number of imidazole rings is 1. The van der Waals surface area contributed by atoms with Gasteiger partial charge in [-0.25, -0.2) is 27.1 Å². The summed E-state index contributed by atoms with van der Waals surface area (Å²) >= 11 is 0. The minimum Gasteiger partial charge on any atom is -0.481 e. The lowest BCUT2D eigenvalue weighted by molar-refractivity contribution is -0.144. The van der Waals surface area contributed by atoms with Crippen molar-refractivity contribution in [3.63, 3.8) is 0 Å². The van der Waals surface area contributed by atoms with Crippen molar-refractivity contribution in [2.75, 3.05) is 6.61 Å². The molecule has 0 bridgehead atoms. The van der Waals surface area contributed by atoms with Crippen molar-refractivity contribution >= 4 is 17.5 Å². The molecule has 2 aliphatic carbocycles. The molecule has 0 aliphatic heterocycles. The lowest BCUT2D eigenvalue weighted by Crippen LogP contribution is -2.30. The average Bonchev–Trinajstić information content (AvgIpc) is 3.56. The van der Waals surface area contributed by atoms with E-state index in [4.69, 9.17) is 15.0 Å². The zero-order valence-electron chi connectivity index (χ0n) is 23.1. The fraction of sp³-hybridized carbons (Fsp3) is 0.593. The number of amides is 2. The maximum absolute atomic E-state index is 14.1. The molecule has 0 aromatic carbocycles. The normalized spacial score (nSPS) is 18.8. The van der Waals surface area contributed by atoms with Gasteiger partial charge in [-0.3, -0.25) is 9.59 Å². The quantitative estimate of drug-likeness (QED) is 0.257. The molecule has 0 radical (unpaired) electrons. The number of nitrogens with one attached hydrogen (secondary N) is 1. The first-order valence-corrected chi connectivity index (χ1v) is 14.0. The topological polar surface area (TPSA) is 138 Å². The summed E-state index contributed by atoms with van der Waals surface area (Å²) in [4.78, 5) is 28.9. The minimum atomic E-state index is -4.48. The highest BCUT2D eigenvalue weighted by Gasteiger charge is 2.43. The summed E-state index contributed by atoms with van der Waals surface area (Å²) in [6.45, 7) is -1.11. The van der Waals surface area contributed by atoms with Crippen LogP contribution in [0.2, 0.25) is 0 Å². The Kier molecular flexibility index (Phi) is 8.75. The standard InChI is InChI=1S/C27H29F7N6O4/c28-17(29)12-43-24-22(25(35)42)39-44-23(24)20(13-3-6-26(30,31)7-4-13)16-11-40-18(37-16)9-15(10-36-40)21(14-1-2-14)38-19(41)5-8-27(32,33)34/h9-11,13-14,17,20-21H,1-8,12H2,(H2,35,42)(H,38,41)/t20-,21+/m0/s1. The van der Waals surface area contributed by atoms with Crippen molar-refractivity contribution in [2.24, 2.45) is 17.6 Å². The van der Waals surface area contributed by atoms with Crippen LogP contribution in [0.1, 0.15) is 90.8 Å². The number of carbonyl (C=O) groups excluding carboxylic acids is 2. The van der Waals surface area contributed by atoms with Crippen LogP contribution in [-0.2, 0) is 4.79 Å². The van der Waals surface area contributed by atoms with Gasteiger partial charge in [-0.05, 0) is 49.1 Å². The number of nitrogens with zero attached hydrogens (tertiary/aromatic N) is 4. The number of aromatic nitrogens is 4. The molecule has 2 fully saturated rings. The van der Waals surface area contributed by atoms with Gasteiger partial charge in [0.1, 0.15) is 6.61 Å². The first-order chi connectivity index (χ1) is 20.7. The predicted octanol–water partition coefficient (Wildman–Crippen LogP) is 5.33. The van der Waals surface area contributed by atoms with Gasteiger partial charge >= 0.3 is 6.18 Å². The van der Waals surface area contributed by atoms with Gasteiger partial charge in [0.15, 0.2) is 17.2 Å². The third-order valence-electron chi connectivity index (χ3n) is 7.86. The first-order valence-electron chi connectivity index (χ1n) is 14.0. The number of halogens is 7. The lowest BCUT2D eigenvalue weighted by atomic mass is 9.76. The summed E-state index contributed by atoms with van der Waals surface area (Å²) in [6.07, 6.45) is -5.86. The highest BCUT2D eigenvalue weighted by molar-refractivity contribution is 5.93. The Labute approximate surface area is 245 Å². The monoisotopic (exact) mass is 634 g/mol. The summed E-state index contributed by atoms with van der Waals surface area (Å²) in [5, 5.41) is 10.6. The third-order valence-corrected chi connectivity index (χ3v) is 7.86. The molecule has 2 atom stereocenters. The maximum Gasteiger partial charge on any atom is 0.389 e. The van der Waals surface area contributed by atoms with Gasteiger partial charge in [0.05, 0.1) is 36.5 Å². The van der Waals surface area contributed by atoms with Crippen LogP contribution in [0.3, 0.4) is 0 Å². The van der Waals surface area contributed by atoms with Crippen LogP contribution in [0.4, 0.5) is 30.7 Å². The van der Waals surface area contributed by atoms with Gasteiger partial charge in [0.25, 0.3) is 12.3 Å². The van der Waals surface area contributed by atoms with Crippen LogP contribution in [-0.4, -0.2) is 56.7 Å². The highest BCUT2D eigenvalue weighted by Crippen LogP contribution is 2.48. The number of ether oxygens (including phenoxy) is 1. The molecule has 17 heteroatoms. The molecular formula is C27H29F7N6O4. The molecule has 3 N–H and O–H groups in total. The Morgan fingerprint density at radius 2 is 1.86 bits per heavy atom. The second-order valence-electron chi connectivity index (χ2n) is 11.2. The number of hydrogen-bond acceptors (Lipinski definition) is 7. The van der Waals surface area contributed by atoms with Crippen LogP contribution >= 0.6 is 0 Å².